The molecule has 0 fully saturated rings. The van der Waals surface area contributed by atoms with Gasteiger partial charge in [0.25, 0.3) is 20.2 Å². The Kier molecular flexibility index (Phi) is 13.1. The van der Waals surface area contributed by atoms with Gasteiger partial charge in [0.15, 0.2) is 5.71 Å². The largest absolute Gasteiger partial charge is 0.481 e. The van der Waals surface area contributed by atoms with Gasteiger partial charge in [-0.05, 0) is 99.2 Å². The molecule has 0 spiro atoms. The molecule has 3 aliphatic rings. The molecule has 320 valence electrons. The van der Waals surface area contributed by atoms with E-state index in [-0.39, 0.29) is 34.7 Å². The van der Waals surface area contributed by atoms with E-state index in [1.54, 1.807) is 42.5 Å². The molecule has 0 bridgehead atoms. The molecule has 0 amide bonds. The number of benzene rings is 3. The Morgan fingerprint density at radius 2 is 1.58 bits per heavy atom. The molecule has 15 heteroatoms. The van der Waals surface area contributed by atoms with Crippen LogP contribution in [0, 0.1) is 0 Å². The number of hydrogen-bond acceptors (Lipinski definition) is 9. The molecule has 0 atom stereocenters. The second-order valence-electron chi connectivity index (χ2n) is 16.2. The summed E-state index contributed by atoms with van der Waals surface area (Å²) in [5, 5.41) is 9.17. The number of rotatable bonds is 18. The average molecular weight is 862 g/mol. The summed E-state index contributed by atoms with van der Waals surface area (Å²) < 4.78 is 75.3. The predicted octanol–water partition coefficient (Wildman–Crippen LogP) is 8.56. The lowest BCUT2D eigenvalue weighted by Crippen LogP contribution is -2.28. The zero-order valence-electron chi connectivity index (χ0n) is 34.5. The molecule has 3 aromatic carbocycles. The number of carboxylic acids is 1. The lowest BCUT2D eigenvalue weighted by Gasteiger charge is -2.27. The van der Waals surface area contributed by atoms with E-state index in [2.05, 4.69) is 43.5 Å². The molecule has 13 nitrogen and oxygen atoms in total. The van der Waals surface area contributed by atoms with Gasteiger partial charge >= 0.3 is 5.97 Å². The molecule has 0 saturated heterocycles. The predicted molar refractivity (Wildman–Crippen MR) is 229 cm³/mol. The van der Waals surface area contributed by atoms with Crippen LogP contribution in [0.2, 0.25) is 0 Å². The number of aliphatic carboxylic acids is 1. The first-order chi connectivity index (χ1) is 28.3. The Morgan fingerprint density at radius 3 is 2.27 bits per heavy atom. The number of fused-ring (bicyclic) bond motifs is 2. The van der Waals surface area contributed by atoms with Crippen molar-refractivity contribution in [3.63, 3.8) is 0 Å². The van der Waals surface area contributed by atoms with Crippen molar-refractivity contribution in [2.45, 2.75) is 95.3 Å². The SMILES string of the molecule is CCCCC[N+]1=C(/C=C/C2=C(Oc3ccc(CCC(=O)O)cc3)C(=C/C=C3/N(CCCCS(=O)(=O)O)c4ccc(S(=O)(=O)O)cc4C3(C)C)/OO2)C(C)(C)c2ccccc21. The van der Waals surface area contributed by atoms with Gasteiger partial charge in [-0.1, -0.05) is 57.5 Å². The fourth-order valence-electron chi connectivity index (χ4n) is 8.01. The Bertz CT molecular complexity index is 2510. The third kappa shape index (κ3) is 9.86. The molecule has 6 rings (SSSR count). The topological polar surface area (TPSA) is 180 Å². The van der Waals surface area contributed by atoms with Gasteiger partial charge in [0.1, 0.15) is 12.3 Å². The number of aryl methyl sites for hydroxylation is 1. The van der Waals surface area contributed by atoms with Crippen LogP contribution in [-0.4, -0.2) is 66.1 Å². The van der Waals surface area contributed by atoms with Crippen molar-refractivity contribution >= 4 is 43.3 Å². The van der Waals surface area contributed by atoms with E-state index < -0.39 is 37.4 Å². The van der Waals surface area contributed by atoms with Gasteiger partial charge in [0, 0.05) is 53.9 Å². The fourth-order valence-corrected chi connectivity index (χ4v) is 9.08. The minimum absolute atomic E-state index is 0.00700. The highest BCUT2D eigenvalue weighted by Gasteiger charge is 2.44. The van der Waals surface area contributed by atoms with Crippen LogP contribution < -0.4 is 9.64 Å². The van der Waals surface area contributed by atoms with Crippen molar-refractivity contribution in [2.75, 3.05) is 23.7 Å². The van der Waals surface area contributed by atoms with E-state index in [1.165, 1.54) is 17.7 Å². The normalized spacial score (nSPS) is 18.4. The van der Waals surface area contributed by atoms with Gasteiger partial charge in [-0.15, -0.1) is 0 Å². The summed E-state index contributed by atoms with van der Waals surface area (Å²) in [7, 11) is -8.68. The number of unbranched alkanes of at least 4 members (excludes halogenated alkanes) is 3. The van der Waals surface area contributed by atoms with Crippen LogP contribution in [-0.2, 0) is 52.1 Å². The molecule has 3 N–H and O–H groups in total. The Hall–Kier alpha value is -5.22. The van der Waals surface area contributed by atoms with Crippen LogP contribution in [0.15, 0.2) is 119 Å². The minimum Gasteiger partial charge on any atom is -0.481 e. The van der Waals surface area contributed by atoms with Gasteiger partial charge in [-0.2, -0.15) is 21.4 Å². The van der Waals surface area contributed by atoms with Crippen molar-refractivity contribution in [1.29, 1.82) is 0 Å². The molecule has 0 saturated carbocycles. The van der Waals surface area contributed by atoms with Crippen molar-refractivity contribution < 1.29 is 54.9 Å². The smallest absolute Gasteiger partial charge is 0.303 e. The maximum atomic E-state index is 12.2. The highest BCUT2D eigenvalue weighted by Crippen LogP contribution is 2.49. The summed E-state index contributed by atoms with van der Waals surface area (Å²) in [6.07, 6.45) is 11.5. The third-order valence-corrected chi connectivity index (χ3v) is 12.9. The number of allylic oxidation sites excluding steroid dienone is 5. The Balaban J connectivity index is 1.42. The van der Waals surface area contributed by atoms with Crippen LogP contribution in [0.25, 0.3) is 0 Å². The molecular weight excluding hydrogens is 809 g/mol. The van der Waals surface area contributed by atoms with Gasteiger partial charge in [0.2, 0.25) is 23.0 Å². The highest BCUT2D eigenvalue weighted by atomic mass is 32.2. The average Bonchev–Trinajstić information content (AvgIpc) is 3.74. The summed E-state index contributed by atoms with van der Waals surface area (Å²) in [6, 6.07) is 19.9. The molecule has 60 heavy (non-hydrogen) atoms. The molecule has 0 unspecified atom stereocenters. The molecular formula is C45H53N2O11S2+. The van der Waals surface area contributed by atoms with Gasteiger partial charge in [0.05, 0.1) is 16.1 Å². The van der Waals surface area contributed by atoms with E-state index in [0.717, 1.165) is 42.8 Å². The lowest BCUT2D eigenvalue weighted by atomic mass is 9.81. The van der Waals surface area contributed by atoms with Crippen molar-refractivity contribution in [1.82, 2.24) is 0 Å². The Morgan fingerprint density at radius 1 is 0.850 bits per heavy atom. The number of nitrogens with zero attached hydrogens (tertiary/aromatic N) is 2. The van der Waals surface area contributed by atoms with Crippen LogP contribution in [0.1, 0.15) is 89.8 Å². The molecule has 0 aromatic heterocycles. The van der Waals surface area contributed by atoms with Crippen molar-refractivity contribution in [3.8, 4) is 5.75 Å². The molecule has 3 aliphatic heterocycles. The maximum absolute atomic E-state index is 12.2. The van der Waals surface area contributed by atoms with E-state index in [1.807, 2.05) is 37.0 Å². The zero-order chi connectivity index (χ0) is 43.5. The van der Waals surface area contributed by atoms with E-state index in [4.69, 9.17) is 19.6 Å². The fraction of sp³-hybridized carbons (Fsp3) is 0.378. The zero-order valence-corrected chi connectivity index (χ0v) is 36.2. The number of carboxylic acid groups (broad SMARTS) is 1. The third-order valence-electron chi connectivity index (χ3n) is 11.2. The summed E-state index contributed by atoms with van der Waals surface area (Å²) in [5.41, 5.74) is 5.17. The summed E-state index contributed by atoms with van der Waals surface area (Å²) >= 11 is 0. The molecule has 3 aromatic rings. The first kappa shape index (κ1) is 44.3. The summed E-state index contributed by atoms with van der Waals surface area (Å²) in [6.45, 7) is 11.6. The first-order valence-corrected chi connectivity index (χ1v) is 23.1. The number of carbonyl (C=O) groups is 1. The summed E-state index contributed by atoms with van der Waals surface area (Å²) in [4.78, 5) is 24.6. The quantitative estimate of drug-likeness (QED) is 0.0481. The molecule has 0 aliphatic carbocycles. The standard InChI is InChI=1S/C45H52N2O11S2/c1-6-7-10-27-46-36-14-9-8-13-34(36)44(2,3)40(46)24-22-38-43(56-32-18-15-31(16-19-32)17-26-42(48)49)39(58-57-38)23-25-41-45(4,5)35-30-33(60(53,54)55)20-21-37(35)47(41)28-11-12-29-59(50,51)52/h8-9,13-16,18-25,30H,6-7,10-12,17,26-29H2,1-5H3,(H2-,48,49,50,51,52,53,54,55)/p+1. The van der Waals surface area contributed by atoms with E-state index in [0.29, 0.717) is 47.8 Å². The van der Waals surface area contributed by atoms with Gasteiger partial charge in [-0.3, -0.25) is 23.7 Å². The second kappa shape index (κ2) is 17.8. The maximum Gasteiger partial charge on any atom is 0.303 e. The number of ether oxygens (including phenoxy) is 1. The highest BCUT2D eigenvalue weighted by molar-refractivity contribution is 7.86. The minimum atomic E-state index is -4.51. The van der Waals surface area contributed by atoms with Crippen molar-refractivity contribution in [3.05, 3.63) is 131 Å². The Labute approximate surface area is 352 Å². The summed E-state index contributed by atoms with van der Waals surface area (Å²) in [5.74, 6) is -0.0375. The van der Waals surface area contributed by atoms with E-state index >= 15 is 0 Å². The number of hydrogen-bond donors (Lipinski definition) is 3. The van der Waals surface area contributed by atoms with Crippen molar-refractivity contribution in [2.24, 2.45) is 0 Å². The van der Waals surface area contributed by atoms with Crippen LogP contribution >= 0.6 is 0 Å². The molecule has 3 heterocycles. The molecule has 0 radical (unpaired) electrons. The second-order valence-corrected chi connectivity index (χ2v) is 19.2. The number of para-hydroxylation sites is 1. The van der Waals surface area contributed by atoms with Gasteiger partial charge in [-0.25, -0.2) is 0 Å². The number of anilines is 1. The van der Waals surface area contributed by atoms with Crippen LogP contribution in [0.3, 0.4) is 0 Å². The van der Waals surface area contributed by atoms with Crippen LogP contribution in [0.4, 0.5) is 11.4 Å². The van der Waals surface area contributed by atoms with Gasteiger partial charge < -0.3 is 14.7 Å². The monoisotopic (exact) mass is 861 g/mol. The van der Waals surface area contributed by atoms with E-state index in [9.17, 15) is 30.7 Å². The lowest BCUT2D eigenvalue weighted by molar-refractivity contribution is -0.438. The van der Waals surface area contributed by atoms with Crippen LogP contribution in [0.5, 0.6) is 5.75 Å². The first-order valence-electron chi connectivity index (χ1n) is 20.1.